The number of nitrogens with zero attached hydrogens (tertiary/aromatic N) is 1. The summed E-state index contributed by atoms with van der Waals surface area (Å²) in [4.78, 5) is 4.07. The van der Waals surface area contributed by atoms with Gasteiger partial charge in [-0.1, -0.05) is 19.9 Å². The second-order valence-corrected chi connectivity index (χ2v) is 5.21. The Bertz CT molecular complexity index is 360. The fraction of sp³-hybridized carbons (Fsp3) is 0.583. The van der Waals surface area contributed by atoms with Crippen LogP contribution in [-0.4, -0.2) is 11.0 Å². The fourth-order valence-corrected chi connectivity index (χ4v) is 2.26. The summed E-state index contributed by atoms with van der Waals surface area (Å²) in [5.74, 6) is 1.25. The van der Waals surface area contributed by atoms with Gasteiger partial charge in [-0.25, -0.2) is 4.98 Å². The first-order valence-electron chi connectivity index (χ1n) is 5.45. The van der Waals surface area contributed by atoms with E-state index in [1.54, 1.807) is 6.20 Å². The van der Waals surface area contributed by atoms with E-state index in [-0.39, 0.29) is 6.04 Å². The minimum atomic E-state index is 0.214. The molecule has 1 heterocycles. The van der Waals surface area contributed by atoms with Gasteiger partial charge in [-0.05, 0) is 35.8 Å². The molecule has 3 nitrogen and oxygen atoms in total. The summed E-state index contributed by atoms with van der Waals surface area (Å²) in [6.45, 7) is 4.54. The van der Waals surface area contributed by atoms with Crippen molar-refractivity contribution in [3.05, 3.63) is 23.9 Å². The third-order valence-corrected chi connectivity index (χ3v) is 3.49. The third-order valence-electron chi connectivity index (χ3n) is 3.49. The number of pyridine rings is 1. The van der Waals surface area contributed by atoms with Gasteiger partial charge in [-0.2, -0.15) is 0 Å². The van der Waals surface area contributed by atoms with E-state index in [4.69, 9.17) is 11.5 Å². The standard InChI is InChI=1S/C12H19N3/c1-12(2)7-9(12)10(13)6-8-4-3-5-15-11(8)14/h3-5,9-10H,6-7,13H2,1-2H3,(H2,14,15). The van der Waals surface area contributed by atoms with Crippen molar-refractivity contribution in [2.75, 3.05) is 5.73 Å². The average Bonchev–Trinajstić information content (AvgIpc) is 2.79. The molecular formula is C12H19N3. The molecule has 2 unspecified atom stereocenters. The van der Waals surface area contributed by atoms with E-state index in [0.717, 1.165) is 12.0 Å². The van der Waals surface area contributed by atoms with Gasteiger partial charge >= 0.3 is 0 Å². The third kappa shape index (κ3) is 2.12. The Morgan fingerprint density at radius 3 is 2.80 bits per heavy atom. The molecule has 0 bridgehead atoms. The van der Waals surface area contributed by atoms with Crippen LogP contribution in [0.4, 0.5) is 5.82 Å². The van der Waals surface area contributed by atoms with Gasteiger partial charge in [-0.15, -0.1) is 0 Å². The van der Waals surface area contributed by atoms with Crippen molar-refractivity contribution in [2.24, 2.45) is 17.1 Å². The Balaban J connectivity index is 2.01. The van der Waals surface area contributed by atoms with Crippen LogP contribution in [0, 0.1) is 11.3 Å². The van der Waals surface area contributed by atoms with Crippen LogP contribution in [-0.2, 0) is 6.42 Å². The van der Waals surface area contributed by atoms with Crippen molar-refractivity contribution in [2.45, 2.75) is 32.7 Å². The maximum atomic E-state index is 6.17. The molecule has 0 saturated heterocycles. The van der Waals surface area contributed by atoms with Gasteiger partial charge in [0.05, 0.1) is 0 Å². The van der Waals surface area contributed by atoms with E-state index in [1.165, 1.54) is 6.42 Å². The zero-order valence-corrected chi connectivity index (χ0v) is 9.40. The summed E-state index contributed by atoms with van der Waals surface area (Å²) in [6.07, 6.45) is 3.79. The Morgan fingerprint density at radius 2 is 2.27 bits per heavy atom. The van der Waals surface area contributed by atoms with Gasteiger partial charge < -0.3 is 11.5 Å². The first-order chi connectivity index (χ1) is 7.00. The molecule has 0 aliphatic heterocycles. The summed E-state index contributed by atoms with van der Waals surface area (Å²) in [7, 11) is 0. The lowest BCUT2D eigenvalue weighted by atomic mass is 9.98. The maximum Gasteiger partial charge on any atom is 0.126 e. The summed E-state index contributed by atoms with van der Waals surface area (Å²) >= 11 is 0. The summed E-state index contributed by atoms with van der Waals surface area (Å²) in [5.41, 5.74) is 13.5. The zero-order valence-electron chi connectivity index (χ0n) is 9.40. The van der Waals surface area contributed by atoms with Crippen molar-refractivity contribution in [3.63, 3.8) is 0 Å². The van der Waals surface area contributed by atoms with Crippen LogP contribution < -0.4 is 11.5 Å². The highest BCUT2D eigenvalue weighted by Gasteiger charge is 2.48. The quantitative estimate of drug-likeness (QED) is 0.787. The molecule has 0 amide bonds. The zero-order chi connectivity index (χ0) is 11.1. The van der Waals surface area contributed by atoms with E-state index in [2.05, 4.69) is 18.8 Å². The Morgan fingerprint density at radius 1 is 1.60 bits per heavy atom. The number of aromatic nitrogens is 1. The molecule has 2 rings (SSSR count). The van der Waals surface area contributed by atoms with E-state index < -0.39 is 0 Å². The molecule has 15 heavy (non-hydrogen) atoms. The van der Waals surface area contributed by atoms with E-state index in [9.17, 15) is 0 Å². The molecule has 4 N–H and O–H groups in total. The summed E-state index contributed by atoms with van der Waals surface area (Å²) < 4.78 is 0. The number of hydrogen-bond donors (Lipinski definition) is 2. The van der Waals surface area contributed by atoms with Crippen LogP contribution in [0.5, 0.6) is 0 Å². The lowest BCUT2D eigenvalue weighted by Crippen LogP contribution is -2.27. The maximum absolute atomic E-state index is 6.17. The number of hydrogen-bond acceptors (Lipinski definition) is 3. The van der Waals surface area contributed by atoms with Crippen molar-refractivity contribution in [1.82, 2.24) is 4.98 Å². The second kappa shape index (κ2) is 3.49. The average molecular weight is 205 g/mol. The molecule has 82 valence electrons. The normalized spacial score (nSPS) is 24.9. The molecule has 0 radical (unpaired) electrons. The molecule has 1 fully saturated rings. The highest BCUT2D eigenvalue weighted by Crippen LogP contribution is 2.53. The van der Waals surface area contributed by atoms with Crippen LogP contribution in [0.15, 0.2) is 18.3 Å². The molecule has 0 spiro atoms. The smallest absolute Gasteiger partial charge is 0.126 e. The molecule has 1 aromatic rings. The molecule has 0 aromatic carbocycles. The minimum absolute atomic E-state index is 0.214. The topological polar surface area (TPSA) is 64.9 Å². The first kappa shape index (κ1) is 10.4. The fourth-order valence-electron chi connectivity index (χ4n) is 2.26. The SMILES string of the molecule is CC1(C)CC1C(N)Cc1cccnc1N. The molecular weight excluding hydrogens is 186 g/mol. The largest absolute Gasteiger partial charge is 0.383 e. The van der Waals surface area contributed by atoms with Gasteiger partial charge in [0.25, 0.3) is 0 Å². The van der Waals surface area contributed by atoms with E-state index in [1.807, 2.05) is 12.1 Å². The minimum Gasteiger partial charge on any atom is -0.383 e. The molecule has 3 heteroatoms. The molecule has 1 aliphatic rings. The monoisotopic (exact) mass is 205 g/mol. The van der Waals surface area contributed by atoms with Crippen molar-refractivity contribution >= 4 is 5.82 Å². The number of nitrogens with two attached hydrogens (primary N) is 2. The predicted molar refractivity (Wildman–Crippen MR) is 62.2 cm³/mol. The Labute approximate surface area is 90.9 Å². The summed E-state index contributed by atoms with van der Waals surface area (Å²) in [5, 5.41) is 0. The van der Waals surface area contributed by atoms with Crippen LogP contribution >= 0.6 is 0 Å². The highest BCUT2D eigenvalue weighted by atomic mass is 14.8. The Hall–Kier alpha value is -1.09. The lowest BCUT2D eigenvalue weighted by molar-refractivity contribution is 0.476. The van der Waals surface area contributed by atoms with Crippen molar-refractivity contribution < 1.29 is 0 Å². The van der Waals surface area contributed by atoms with Gasteiger partial charge in [0, 0.05) is 12.2 Å². The first-order valence-corrected chi connectivity index (χ1v) is 5.45. The number of rotatable bonds is 3. The second-order valence-electron chi connectivity index (χ2n) is 5.21. The van der Waals surface area contributed by atoms with E-state index >= 15 is 0 Å². The highest BCUT2D eigenvalue weighted by molar-refractivity contribution is 5.39. The molecule has 1 aromatic heterocycles. The lowest BCUT2D eigenvalue weighted by Gasteiger charge is -2.14. The van der Waals surface area contributed by atoms with Gasteiger partial charge in [0.15, 0.2) is 0 Å². The van der Waals surface area contributed by atoms with Crippen LogP contribution in [0.2, 0.25) is 0 Å². The van der Waals surface area contributed by atoms with Gasteiger partial charge in [-0.3, -0.25) is 0 Å². The van der Waals surface area contributed by atoms with Crippen LogP contribution in [0.25, 0.3) is 0 Å². The van der Waals surface area contributed by atoms with Crippen LogP contribution in [0.3, 0.4) is 0 Å². The Kier molecular flexibility index (Phi) is 2.43. The van der Waals surface area contributed by atoms with Gasteiger partial charge in [0.1, 0.15) is 5.82 Å². The van der Waals surface area contributed by atoms with E-state index in [0.29, 0.717) is 17.2 Å². The van der Waals surface area contributed by atoms with Crippen molar-refractivity contribution in [1.29, 1.82) is 0 Å². The molecule has 1 saturated carbocycles. The van der Waals surface area contributed by atoms with Gasteiger partial charge in [0.2, 0.25) is 0 Å². The summed E-state index contributed by atoms with van der Waals surface area (Å²) in [6, 6.07) is 4.14. The predicted octanol–water partition coefficient (Wildman–Crippen LogP) is 1.58. The molecule has 1 aliphatic carbocycles. The number of nitrogen functional groups attached to an aromatic ring is 1. The van der Waals surface area contributed by atoms with Crippen LogP contribution in [0.1, 0.15) is 25.8 Å². The molecule has 2 atom stereocenters. The number of anilines is 1. The van der Waals surface area contributed by atoms with Crippen molar-refractivity contribution in [3.8, 4) is 0 Å².